The molecule has 21 heavy (non-hydrogen) atoms. The van der Waals surface area contributed by atoms with Crippen LogP contribution in [0, 0.1) is 5.92 Å². The minimum absolute atomic E-state index is 0.300. The monoisotopic (exact) mass is 295 g/mol. The van der Waals surface area contributed by atoms with Crippen molar-refractivity contribution in [2.75, 3.05) is 40.8 Å². The van der Waals surface area contributed by atoms with E-state index in [1.54, 1.807) is 14.2 Å². The molecule has 0 aromatic heterocycles. The van der Waals surface area contributed by atoms with Crippen LogP contribution in [0.2, 0.25) is 0 Å². The summed E-state index contributed by atoms with van der Waals surface area (Å²) in [5.41, 5.74) is 1.06. The zero-order valence-corrected chi connectivity index (χ0v) is 12.9. The Morgan fingerprint density at radius 3 is 2.81 bits per heavy atom. The molecule has 0 saturated heterocycles. The summed E-state index contributed by atoms with van der Waals surface area (Å²) in [5.74, 6) is 2.40. The summed E-state index contributed by atoms with van der Waals surface area (Å²) in [4.78, 5) is 0. The lowest BCUT2D eigenvalue weighted by Gasteiger charge is -2.13. The Bertz CT molecular complexity index is 421. The van der Waals surface area contributed by atoms with Gasteiger partial charge in [0, 0.05) is 25.8 Å². The molecule has 0 atom stereocenters. The van der Waals surface area contributed by atoms with E-state index >= 15 is 0 Å². The maximum Gasteiger partial charge on any atom is 0.189 e. The van der Waals surface area contributed by atoms with Crippen molar-refractivity contribution in [2.45, 2.75) is 19.4 Å². The average molecular weight is 295 g/mol. The van der Waals surface area contributed by atoms with Gasteiger partial charge in [0.2, 0.25) is 0 Å². The van der Waals surface area contributed by atoms with Crippen LogP contribution in [0.15, 0.2) is 18.2 Å². The maximum absolute atomic E-state index is 5.72. The highest BCUT2D eigenvalue weighted by Gasteiger charge is 2.21. The van der Waals surface area contributed by atoms with E-state index in [1.165, 1.54) is 12.8 Å². The molecule has 0 unspecified atom stereocenters. The number of ether oxygens (including phenoxy) is 4. The Kier molecular flexibility index (Phi) is 6.79. The Morgan fingerprint density at radius 1 is 1.24 bits per heavy atom. The number of methoxy groups -OCH3 is 2. The third kappa shape index (κ3) is 5.91. The molecule has 1 fully saturated rings. The van der Waals surface area contributed by atoms with Gasteiger partial charge >= 0.3 is 0 Å². The molecule has 118 valence electrons. The Balaban J connectivity index is 1.83. The van der Waals surface area contributed by atoms with E-state index in [0.29, 0.717) is 19.9 Å². The van der Waals surface area contributed by atoms with Gasteiger partial charge in [0.1, 0.15) is 11.5 Å². The van der Waals surface area contributed by atoms with Crippen LogP contribution in [-0.4, -0.2) is 40.8 Å². The standard InChI is InChI=1S/C16H25NO4/c1-18-8-7-17-10-14-9-15(19-2)5-6-16(14)21-12-20-11-13-3-4-13/h5-6,9,13,17H,3-4,7-8,10-12H2,1-2H3. The van der Waals surface area contributed by atoms with Crippen molar-refractivity contribution in [3.63, 3.8) is 0 Å². The molecule has 1 aromatic rings. The lowest BCUT2D eigenvalue weighted by atomic mass is 10.2. The van der Waals surface area contributed by atoms with Crippen molar-refractivity contribution >= 4 is 0 Å². The SMILES string of the molecule is COCCNCc1cc(OC)ccc1OCOCC1CC1. The Morgan fingerprint density at radius 2 is 2.10 bits per heavy atom. The predicted molar refractivity (Wildman–Crippen MR) is 80.7 cm³/mol. The van der Waals surface area contributed by atoms with Crippen molar-refractivity contribution < 1.29 is 18.9 Å². The van der Waals surface area contributed by atoms with Gasteiger partial charge in [0.05, 0.1) is 20.3 Å². The molecule has 0 bridgehead atoms. The molecule has 1 aromatic carbocycles. The maximum atomic E-state index is 5.72. The highest BCUT2D eigenvalue weighted by molar-refractivity contribution is 5.40. The lowest BCUT2D eigenvalue weighted by Crippen LogP contribution is -2.19. The van der Waals surface area contributed by atoms with Gasteiger partial charge in [-0.25, -0.2) is 0 Å². The van der Waals surface area contributed by atoms with Crippen LogP contribution in [-0.2, 0) is 16.0 Å². The van der Waals surface area contributed by atoms with Crippen LogP contribution in [0.25, 0.3) is 0 Å². The summed E-state index contributed by atoms with van der Waals surface area (Å²) < 4.78 is 21.5. The highest BCUT2D eigenvalue weighted by Crippen LogP contribution is 2.29. The molecule has 1 saturated carbocycles. The summed E-state index contributed by atoms with van der Waals surface area (Å²) in [5, 5.41) is 3.31. The van der Waals surface area contributed by atoms with E-state index < -0.39 is 0 Å². The van der Waals surface area contributed by atoms with E-state index in [4.69, 9.17) is 18.9 Å². The summed E-state index contributed by atoms with van der Waals surface area (Å²) in [6, 6.07) is 5.80. The molecule has 1 aliphatic rings. The van der Waals surface area contributed by atoms with Crippen molar-refractivity contribution in [1.82, 2.24) is 5.32 Å². The largest absolute Gasteiger partial charge is 0.497 e. The fourth-order valence-electron chi connectivity index (χ4n) is 1.96. The minimum atomic E-state index is 0.300. The molecule has 5 nitrogen and oxygen atoms in total. The van der Waals surface area contributed by atoms with Crippen LogP contribution >= 0.6 is 0 Å². The summed E-state index contributed by atoms with van der Waals surface area (Å²) in [6.07, 6.45) is 2.58. The lowest BCUT2D eigenvalue weighted by molar-refractivity contribution is 0.00938. The van der Waals surface area contributed by atoms with E-state index in [0.717, 1.165) is 36.1 Å². The number of hydrogen-bond acceptors (Lipinski definition) is 5. The quantitative estimate of drug-likeness (QED) is 0.501. The molecule has 0 radical (unpaired) electrons. The summed E-state index contributed by atoms with van der Waals surface area (Å²) in [7, 11) is 3.36. The van der Waals surface area contributed by atoms with E-state index in [9.17, 15) is 0 Å². The van der Waals surface area contributed by atoms with Gasteiger partial charge in [-0.05, 0) is 37.0 Å². The second-order valence-corrected chi connectivity index (χ2v) is 5.22. The number of hydrogen-bond donors (Lipinski definition) is 1. The van der Waals surface area contributed by atoms with Gasteiger partial charge in [-0.1, -0.05) is 0 Å². The van der Waals surface area contributed by atoms with Gasteiger partial charge in [-0.3, -0.25) is 0 Å². The highest BCUT2D eigenvalue weighted by atomic mass is 16.7. The molecule has 0 heterocycles. The average Bonchev–Trinajstić information content (AvgIpc) is 3.33. The Labute approximate surface area is 126 Å². The van der Waals surface area contributed by atoms with Crippen LogP contribution in [0.1, 0.15) is 18.4 Å². The zero-order valence-electron chi connectivity index (χ0n) is 12.9. The first-order valence-electron chi connectivity index (χ1n) is 7.40. The van der Waals surface area contributed by atoms with Crippen molar-refractivity contribution in [3.05, 3.63) is 23.8 Å². The normalized spacial score (nSPS) is 14.2. The van der Waals surface area contributed by atoms with E-state index in [-0.39, 0.29) is 0 Å². The first-order valence-corrected chi connectivity index (χ1v) is 7.40. The first-order chi connectivity index (χ1) is 10.3. The molecule has 0 spiro atoms. The second kappa shape index (κ2) is 8.87. The number of rotatable bonds is 11. The third-order valence-corrected chi connectivity index (χ3v) is 3.41. The molecular formula is C16H25NO4. The van der Waals surface area contributed by atoms with Gasteiger partial charge in [-0.15, -0.1) is 0 Å². The van der Waals surface area contributed by atoms with Crippen LogP contribution in [0.5, 0.6) is 11.5 Å². The summed E-state index contributed by atoms with van der Waals surface area (Å²) in [6.45, 7) is 3.29. The smallest absolute Gasteiger partial charge is 0.189 e. The first kappa shape index (κ1) is 16.1. The third-order valence-electron chi connectivity index (χ3n) is 3.41. The molecule has 1 N–H and O–H groups in total. The topological polar surface area (TPSA) is 49.0 Å². The van der Waals surface area contributed by atoms with Gasteiger partial charge in [-0.2, -0.15) is 0 Å². The predicted octanol–water partition coefficient (Wildman–Crippen LogP) is 2.19. The molecule has 5 heteroatoms. The fraction of sp³-hybridized carbons (Fsp3) is 0.625. The van der Waals surface area contributed by atoms with E-state index in [2.05, 4.69) is 5.32 Å². The molecule has 0 aliphatic heterocycles. The van der Waals surface area contributed by atoms with Crippen molar-refractivity contribution in [1.29, 1.82) is 0 Å². The minimum Gasteiger partial charge on any atom is -0.497 e. The van der Waals surface area contributed by atoms with Gasteiger partial charge in [0.25, 0.3) is 0 Å². The zero-order chi connectivity index (χ0) is 14.9. The van der Waals surface area contributed by atoms with Crippen molar-refractivity contribution in [3.8, 4) is 11.5 Å². The van der Waals surface area contributed by atoms with Gasteiger partial charge in [0.15, 0.2) is 6.79 Å². The fourth-order valence-corrected chi connectivity index (χ4v) is 1.96. The number of benzene rings is 1. The van der Waals surface area contributed by atoms with Crippen LogP contribution < -0.4 is 14.8 Å². The Hall–Kier alpha value is -1.30. The van der Waals surface area contributed by atoms with Gasteiger partial charge < -0.3 is 24.3 Å². The second-order valence-electron chi connectivity index (χ2n) is 5.22. The molecule has 1 aliphatic carbocycles. The summed E-state index contributed by atoms with van der Waals surface area (Å²) >= 11 is 0. The molecular weight excluding hydrogens is 270 g/mol. The van der Waals surface area contributed by atoms with E-state index in [1.807, 2.05) is 18.2 Å². The van der Waals surface area contributed by atoms with Crippen LogP contribution in [0.4, 0.5) is 0 Å². The number of nitrogens with one attached hydrogen (secondary N) is 1. The molecule has 0 amide bonds. The van der Waals surface area contributed by atoms with Crippen LogP contribution in [0.3, 0.4) is 0 Å². The van der Waals surface area contributed by atoms with Crippen molar-refractivity contribution in [2.24, 2.45) is 5.92 Å². The molecule has 2 rings (SSSR count).